The molecule has 0 bridgehead atoms. The van der Waals surface area contributed by atoms with Gasteiger partial charge in [0.25, 0.3) is 6.34 Å². The van der Waals surface area contributed by atoms with Crippen LogP contribution in [-0.4, -0.2) is 28.6 Å². The number of halogens is 1. The molecular weight excluding hydrogens is 314 g/mol. The number of hydrazone groups is 1. The summed E-state index contributed by atoms with van der Waals surface area (Å²) in [7, 11) is 0. The van der Waals surface area contributed by atoms with Gasteiger partial charge in [0.05, 0.1) is 6.04 Å². The Morgan fingerprint density at radius 1 is 1.22 bits per heavy atom. The number of rotatable bonds is 7. The Morgan fingerprint density at radius 2 is 1.87 bits per heavy atom. The fraction of sp³-hybridized carbons (Fsp3) is 0.176. The zero-order valence-electron chi connectivity index (χ0n) is 12.7. The molecule has 0 aromatic heterocycles. The normalized spacial score (nSPS) is 12.5. The lowest BCUT2D eigenvalue weighted by Crippen LogP contribution is -2.34. The predicted molar refractivity (Wildman–Crippen MR) is 91.1 cm³/mol. The molecule has 0 radical (unpaired) electrons. The maximum atomic E-state index is 10.7. The van der Waals surface area contributed by atoms with Crippen molar-refractivity contribution in [1.82, 2.24) is 10.7 Å². The van der Waals surface area contributed by atoms with Crippen LogP contribution in [0.2, 0.25) is 5.02 Å². The van der Waals surface area contributed by atoms with Crippen molar-refractivity contribution in [2.75, 3.05) is 6.54 Å². The quantitative estimate of drug-likeness (QED) is 0.316. The molecule has 0 spiro atoms. The Balaban J connectivity index is 2.19. The van der Waals surface area contributed by atoms with Crippen LogP contribution in [0, 0.1) is 0 Å². The number of aliphatic carboxylic acids is 1. The number of carboxylic acids is 1. The second-order valence-corrected chi connectivity index (χ2v) is 5.45. The SMILES string of the molecule is C[C@H](N[N+](=CNCC(=O)O)c1ccc(Cl)cc1)c1ccccc1. The molecule has 2 aromatic rings. The number of nitrogens with one attached hydrogen (secondary N) is 2. The Hall–Kier alpha value is -2.53. The van der Waals surface area contributed by atoms with Gasteiger partial charge in [-0.25, -0.2) is 10.2 Å². The van der Waals surface area contributed by atoms with Crippen LogP contribution in [0.3, 0.4) is 0 Å². The van der Waals surface area contributed by atoms with Crippen molar-refractivity contribution in [3.05, 3.63) is 65.2 Å². The Morgan fingerprint density at radius 3 is 2.48 bits per heavy atom. The molecule has 23 heavy (non-hydrogen) atoms. The van der Waals surface area contributed by atoms with Gasteiger partial charge in [0.1, 0.15) is 0 Å². The van der Waals surface area contributed by atoms with Crippen molar-refractivity contribution >= 4 is 29.6 Å². The summed E-state index contributed by atoms with van der Waals surface area (Å²) in [6.07, 6.45) is 1.59. The maximum absolute atomic E-state index is 10.7. The van der Waals surface area contributed by atoms with Crippen LogP contribution >= 0.6 is 11.6 Å². The second-order valence-electron chi connectivity index (χ2n) is 5.01. The fourth-order valence-electron chi connectivity index (χ4n) is 2.04. The third-order valence-corrected chi connectivity index (χ3v) is 3.46. The van der Waals surface area contributed by atoms with Crippen LogP contribution in [0.25, 0.3) is 0 Å². The third-order valence-electron chi connectivity index (χ3n) is 3.21. The van der Waals surface area contributed by atoms with Gasteiger partial charge in [-0.1, -0.05) is 41.9 Å². The van der Waals surface area contributed by atoms with E-state index in [1.165, 1.54) is 0 Å². The van der Waals surface area contributed by atoms with Gasteiger partial charge in [-0.05, 0) is 36.8 Å². The van der Waals surface area contributed by atoms with Crippen molar-refractivity contribution < 1.29 is 14.6 Å². The first kappa shape index (κ1) is 16.8. The van der Waals surface area contributed by atoms with Gasteiger partial charge >= 0.3 is 5.97 Å². The fourth-order valence-corrected chi connectivity index (χ4v) is 2.16. The smallest absolute Gasteiger partial charge is 0.345 e. The Bertz CT molecular complexity index is 672. The molecule has 3 N–H and O–H groups in total. The molecule has 0 fully saturated rings. The number of hydrazine groups is 1. The van der Waals surface area contributed by atoms with Gasteiger partial charge in [-0.15, -0.1) is 4.68 Å². The first-order valence-electron chi connectivity index (χ1n) is 7.20. The van der Waals surface area contributed by atoms with Crippen molar-refractivity contribution in [3.63, 3.8) is 0 Å². The van der Waals surface area contributed by atoms with Gasteiger partial charge in [0, 0.05) is 5.02 Å². The van der Waals surface area contributed by atoms with Crippen LogP contribution < -0.4 is 10.7 Å². The predicted octanol–water partition coefficient (Wildman–Crippen LogP) is 2.95. The number of carboxylic acid groups (broad SMARTS) is 1. The molecule has 0 unspecified atom stereocenters. The largest absolute Gasteiger partial charge is 0.478 e. The van der Waals surface area contributed by atoms with E-state index in [1.54, 1.807) is 23.2 Å². The molecule has 120 valence electrons. The molecular formula is C17H19ClN3O2+. The van der Waals surface area contributed by atoms with Crippen LogP contribution in [-0.2, 0) is 4.79 Å². The highest BCUT2D eigenvalue weighted by molar-refractivity contribution is 6.30. The number of hydrogen-bond acceptors (Lipinski definition) is 2. The van der Waals surface area contributed by atoms with E-state index in [0.29, 0.717) is 5.02 Å². The van der Waals surface area contributed by atoms with Crippen molar-refractivity contribution in [2.24, 2.45) is 0 Å². The molecule has 1 atom stereocenters. The lowest BCUT2D eigenvalue weighted by molar-refractivity contribution is -0.512. The molecule has 0 heterocycles. The molecule has 5 nitrogen and oxygen atoms in total. The van der Waals surface area contributed by atoms with Gasteiger partial charge in [-0.2, -0.15) is 0 Å². The summed E-state index contributed by atoms with van der Waals surface area (Å²) in [5.74, 6) is -0.923. The lowest BCUT2D eigenvalue weighted by Gasteiger charge is -2.16. The Kier molecular flexibility index (Phi) is 6.00. The highest BCUT2D eigenvalue weighted by atomic mass is 35.5. The van der Waals surface area contributed by atoms with Gasteiger partial charge in [0.2, 0.25) is 0 Å². The molecule has 6 heteroatoms. The van der Waals surface area contributed by atoms with Crippen molar-refractivity contribution in [3.8, 4) is 0 Å². The highest BCUT2D eigenvalue weighted by Gasteiger charge is 2.11. The summed E-state index contributed by atoms with van der Waals surface area (Å²) in [6, 6.07) is 17.3. The summed E-state index contributed by atoms with van der Waals surface area (Å²) in [5, 5.41) is 12.2. The Labute approximate surface area is 140 Å². The lowest BCUT2D eigenvalue weighted by atomic mass is 10.1. The molecule has 0 aliphatic rings. The summed E-state index contributed by atoms with van der Waals surface area (Å²) >= 11 is 5.92. The number of hydrogen-bond donors (Lipinski definition) is 3. The molecule has 0 saturated heterocycles. The van der Waals surface area contributed by atoms with E-state index < -0.39 is 5.97 Å². The average Bonchev–Trinajstić information content (AvgIpc) is 2.55. The van der Waals surface area contributed by atoms with E-state index in [9.17, 15) is 4.79 Å². The van der Waals surface area contributed by atoms with Gasteiger partial charge < -0.3 is 5.11 Å². The summed E-state index contributed by atoms with van der Waals surface area (Å²) in [4.78, 5) is 10.7. The van der Waals surface area contributed by atoms with Crippen LogP contribution in [0.4, 0.5) is 5.69 Å². The third kappa shape index (κ3) is 5.30. The summed E-state index contributed by atoms with van der Waals surface area (Å²) in [5.41, 5.74) is 5.29. The molecule has 0 amide bonds. The molecule has 2 rings (SSSR count). The first-order valence-corrected chi connectivity index (χ1v) is 7.58. The highest BCUT2D eigenvalue weighted by Crippen LogP contribution is 2.17. The van der Waals surface area contributed by atoms with Crippen molar-refractivity contribution in [2.45, 2.75) is 13.0 Å². The van der Waals surface area contributed by atoms with E-state index in [0.717, 1.165) is 11.3 Å². The van der Waals surface area contributed by atoms with Gasteiger partial charge in [-0.3, -0.25) is 5.32 Å². The minimum absolute atomic E-state index is 0.0368. The topological polar surface area (TPSA) is 64.4 Å². The van der Waals surface area contributed by atoms with E-state index in [4.69, 9.17) is 16.7 Å². The summed E-state index contributed by atoms with van der Waals surface area (Å²) in [6.45, 7) is 1.87. The molecule has 2 aromatic carbocycles. The van der Waals surface area contributed by atoms with Crippen LogP contribution in [0.5, 0.6) is 0 Å². The van der Waals surface area contributed by atoms with Crippen LogP contribution in [0.1, 0.15) is 18.5 Å². The molecule has 0 aliphatic heterocycles. The average molecular weight is 333 g/mol. The minimum Gasteiger partial charge on any atom is -0.478 e. The zero-order valence-corrected chi connectivity index (χ0v) is 13.5. The minimum atomic E-state index is -0.923. The van der Waals surface area contributed by atoms with Gasteiger partial charge in [0.15, 0.2) is 12.2 Å². The van der Waals surface area contributed by atoms with E-state index in [2.05, 4.69) is 10.7 Å². The number of carbonyl (C=O) groups is 1. The monoisotopic (exact) mass is 332 g/mol. The van der Waals surface area contributed by atoms with Crippen molar-refractivity contribution in [1.29, 1.82) is 0 Å². The number of nitrogens with zero attached hydrogens (tertiary/aromatic N) is 1. The van der Waals surface area contributed by atoms with E-state index in [-0.39, 0.29) is 12.6 Å². The second kappa shape index (κ2) is 8.19. The van der Waals surface area contributed by atoms with Crippen LogP contribution in [0.15, 0.2) is 54.6 Å². The zero-order chi connectivity index (χ0) is 16.7. The van der Waals surface area contributed by atoms with E-state index in [1.807, 2.05) is 49.4 Å². The maximum Gasteiger partial charge on any atom is 0.345 e. The molecule has 0 saturated carbocycles. The number of benzene rings is 2. The standard InChI is InChI=1S/C17H18ClN3O2/c1-13(14-5-3-2-4-6-14)20-21(12-19-11-17(22)23)16-9-7-15(18)8-10-16/h2-10,12-13,20H,11H2,1H3,(H,22,23)/p+1/t13-/m0/s1. The van der Waals surface area contributed by atoms with E-state index >= 15 is 0 Å². The molecule has 0 aliphatic carbocycles. The first-order chi connectivity index (χ1) is 11.1. The summed E-state index contributed by atoms with van der Waals surface area (Å²) < 4.78 is 1.75.